The number of aromatic nitrogens is 1. The van der Waals surface area contributed by atoms with Gasteiger partial charge in [0.1, 0.15) is 10.3 Å². The molecule has 0 saturated carbocycles. The Bertz CT molecular complexity index is 1080. The van der Waals surface area contributed by atoms with E-state index in [1.807, 2.05) is 18.4 Å². The third-order valence-electron chi connectivity index (χ3n) is 4.38. The van der Waals surface area contributed by atoms with Gasteiger partial charge >= 0.3 is 0 Å². The van der Waals surface area contributed by atoms with Crippen LogP contribution in [0.15, 0.2) is 44.3 Å². The van der Waals surface area contributed by atoms with Crippen molar-refractivity contribution >= 4 is 66.3 Å². The summed E-state index contributed by atoms with van der Waals surface area (Å²) in [6, 6.07) is 8.16. The minimum absolute atomic E-state index is 0.276. The van der Waals surface area contributed by atoms with Gasteiger partial charge in [0.25, 0.3) is 10.0 Å². The van der Waals surface area contributed by atoms with E-state index in [2.05, 4.69) is 10.3 Å². The van der Waals surface area contributed by atoms with Crippen LogP contribution in [0.1, 0.15) is 12.8 Å². The molecule has 0 radical (unpaired) electrons. The van der Waals surface area contributed by atoms with E-state index in [0.29, 0.717) is 25.1 Å². The van der Waals surface area contributed by atoms with Gasteiger partial charge in [0, 0.05) is 12.2 Å². The number of hydrogen-bond acceptors (Lipinski definition) is 7. The fourth-order valence-corrected chi connectivity index (χ4v) is 7.41. The predicted octanol–water partition coefficient (Wildman–Crippen LogP) is 3.87. The van der Waals surface area contributed by atoms with Gasteiger partial charge in [-0.3, -0.25) is 4.79 Å². The fraction of sp³-hybridized carbons (Fsp3) is 0.294. The zero-order valence-electron chi connectivity index (χ0n) is 14.4. The van der Waals surface area contributed by atoms with Crippen molar-refractivity contribution in [2.45, 2.75) is 27.4 Å². The molecule has 0 aliphatic carbocycles. The van der Waals surface area contributed by atoms with Crippen LogP contribution in [-0.4, -0.2) is 42.5 Å². The molecular weight excluding hydrogens is 422 g/mol. The lowest BCUT2D eigenvalue weighted by atomic mass is 10.2. The number of fused-ring (bicyclic) bond motifs is 1. The quantitative estimate of drug-likeness (QED) is 0.611. The first-order valence-electron chi connectivity index (χ1n) is 8.30. The highest BCUT2D eigenvalue weighted by Gasteiger charge is 2.39. The SMILES string of the molecule is CSc1nc2ccc(NC(=O)C3CCCN3S(=O)(=O)c3cccs3)cc2s1. The molecule has 6 nitrogen and oxygen atoms in total. The summed E-state index contributed by atoms with van der Waals surface area (Å²) >= 11 is 4.32. The fourth-order valence-electron chi connectivity index (χ4n) is 3.11. The summed E-state index contributed by atoms with van der Waals surface area (Å²) in [6.07, 6.45) is 3.17. The van der Waals surface area contributed by atoms with Crippen molar-refractivity contribution in [3.63, 3.8) is 0 Å². The number of thiazole rings is 1. The molecular formula is C17H17N3O3S4. The Hall–Kier alpha value is -1.46. The van der Waals surface area contributed by atoms with Gasteiger partial charge in [-0.25, -0.2) is 13.4 Å². The number of anilines is 1. The molecule has 1 N–H and O–H groups in total. The summed E-state index contributed by atoms with van der Waals surface area (Å²) in [5, 5.41) is 4.61. The van der Waals surface area contributed by atoms with Crippen molar-refractivity contribution in [3.8, 4) is 0 Å². The minimum Gasteiger partial charge on any atom is -0.325 e. The normalized spacial score (nSPS) is 18.2. The van der Waals surface area contributed by atoms with Gasteiger partial charge in [0.15, 0.2) is 4.34 Å². The van der Waals surface area contributed by atoms with Crippen LogP contribution in [0.3, 0.4) is 0 Å². The molecule has 1 aliphatic rings. The average molecular weight is 440 g/mol. The van der Waals surface area contributed by atoms with Crippen LogP contribution in [0, 0.1) is 0 Å². The van der Waals surface area contributed by atoms with Gasteiger partial charge in [-0.15, -0.1) is 22.7 Å². The van der Waals surface area contributed by atoms with E-state index in [9.17, 15) is 13.2 Å². The van der Waals surface area contributed by atoms with Crippen molar-refractivity contribution in [1.82, 2.24) is 9.29 Å². The number of hydrogen-bond donors (Lipinski definition) is 1. The summed E-state index contributed by atoms with van der Waals surface area (Å²) in [6.45, 7) is 0.364. The predicted molar refractivity (Wildman–Crippen MR) is 111 cm³/mol. The van der Waals surface area contributed by atoms with E-state index in [-0.39, 0.29) is 10.1 Å². The summed E-state index contributed by atoms with van der Waals surface area (Å²) < 4.78 is 29.2. The number of sulfonamides is 1. The number of rotatable bonds is 5. The first kappa shape index (κ1) is 18.9. The number of nitrogens with one attached hydrogen (secondary N) is 1. The molecule has 0 bridgehead atoms. The van der Waals surface area contributed by atoms with Gasteiger partial charge < -0.3 is 5.32 Å². The van der Waals surface area contributed by atoms with E-state index in [4.69, 9.17) is 0 Å². The van der Waals surface area contributed by atoms with E-state index < -0.39 is 16.1 Å². The van der Waals surface area contributed by atoms with Crippen molar-refractivity contribution in [3.05, 3.63) is 35.7 Å². The molecule has 10 heteroatoms. The molecule has 3 heterocycles. The first-order valence-corrected chi connectivity index (χ1v) is 12.7. The van der Waals surface area contributed by atoms with Crippen molar-refractivity contribution < 1.29 is 13.2 Å². The Morgan fingerprint density at radius 1 is 1.37 bits per heavy atom. The molecule has 1 atom stereocenters. The maximum absolute atomic E-state index is 12.8. The third-order valence-corrected chi connectivity index (χ3v) is 9.66. The Morgan fingerprint density at radius 2 is 2.22 bits per heavy atom. The Balaban J connectivity index is 1.55. The maximum atomic E-state index is 12.8. The van der Waals surface area contributed by atoms with Crippen LogP contribution >= 0.6 is 34.4 Å². The highest BCUT2D eigenvalue weighted by atomic mass is 32.2. The largest absolute Gasteiger partial charge is 0.325 e. The average Bonchev–Trinajstić information content (AvgIpc) is 3.40. The van der Waals surface area contributed by atoms with Crippen LogP contribution in [0.2, 0.25) is 0 Å². The van der Waals surface area contributed by atoms with E-state index in [1.165, 1.54) is 15.6 Å². The van der Waals surface area contributed by atoms with Gasteiger partial charge in [-0.05, 0) is 48.7 Å². The maximum Gasteiger partial charge on any atom is 0.253 e. The first-order chi connectivity index (χ1) is 13.0. The second-order valence-electron chi connectivity index (χ2n) is 6.06. The summed E-state index contributed by atoms with van der Waals surface area (Å²) in [4.78, 5) is 17.3. The third kappa shape index (κ3) is 3.64. The van der Waals surface area contributed by atoms with Crippen molar-refractivity contribution in [2.75, 3.05) is 18.1 Å². The number of thiophene rings is 1. The molecule has 27 heavy (non-hydrogen) atoms. The lowest BCUT2D eigenvalue weighted by Crippen LogP contribution is -2.42. The number of thioether (sulfide) groups is 1. The Kier molecular flexibility index (Phi) is 5.26. The molecule has 142 valence electrons. The lowest BCUT2D eigenvalue weighted by Gasteiger charge is -2.22. The number of carbonyl (C=O) groups is 1. The topological polar surface area (TPSA) is 79.4 Å². The molecule has 1 aromatic carbocycles. The molecule has 1 amide bonds. The van der Waals surface area contributed by atoms with Crippen LogP contribution < -0.4 is 5.32 Å². The lowest BCUT2D eigenvalue weighted by molar-refractivity contribution is -0.119. The molecule has 3 aromatic rings. The van der Waals surface area contributed by atoms with Gasteiger partial charge in [0.05, 0.1) is 10.2 Å². The van der Waals surface area contributed by atoms with E-state index in [0.717, 1.165) is 14.6 Å². The molecule has 1 unspecified atom stereocenters. The van der Waals surface area contributed by atoms with Crippen LogP contribution in [0.4, 0.5) is 5.69 Å². The van der Waals surface area contributed by atoms with Crippen molar-refractivity contribution in [1.29, 1.82) is 0 Å². The van der Waals surface area contributed by atoms with Crippen LogP contribution in [0.5, 0.6) is 0 Å². The second kappa shape index (κ2) is 7.51. The zero-order chi connectivity index (χ0) is 19.0. The standard InChI is InChI=1S/C17H17N3O3S4/c1-24-17-19-12-7-6-11(10-14(12)26-17)18-16(21)13-4-2-8-20(13)27(22,23)15-5-3-9-25-15/h3,5-7,9-10,13H,2,4,8H2,1H3,(H,18,21). The molecule has 1 fully saturated rings. The minimum atomic E-state index is -3.64. The highest BCUT2D eigenvalue weighted by molar-refractivity contribution is 8.00. The van der Waals surface area contributed by atoms with Crippen LogP contribution in [-0.2, 0) is 14.8 Å². The Labute approximate surface area is 169 Å². The number of carbonyl (C=O) groups excluding carboxylic acids is 1. The van der Waals surface area contributed by atoms with E-state index >= 15 is 0 Å². The number of amides is 1. The van der Waals surface area contributed by atoms with Gasteiger partial charge in [-0.2, -0.15) is 4.31 Å². The summed E-state index contributed by atoms with van der Waals surface area (Å²) in [5.74, 6) is -0.290. The zero-order valence-corrected chi connectivity index (χ0v) is 17.7. The number of benzene rings is 1. The smallest absolute Gasteiger partial charge is 0.253 e. The molecule has 1 aliphatic heterocycles. The molecule has 4 rings (SSSR count). The molecule has 2 aromatic heterocycles. The van der Waals surface area contributed by atoms with E-state index in [1.54, 1.807) is 46.7 Å². The van der Waals surface area contributed by atoms with Gasteiger partial charge in [-0.1, -0.05) is 17.8 Å². The summed E-state index contributed by atoms with van der Waals surface area (Å²) in [5.41, 5.74) is 1.55. The van der Waals surface area contributed by atoms with Crippen molar-refractivity contribution in [2.24, 2.45) is 0 Å². The highest BCUT2D eigenvalue weighted by Crippen LogP contribution is 2.31. The second-order valence-corrected chi connectivity index (χ2v) is 11.2. The monoisotopic (exact) mass is 439 g/mol. The van der Waals surface area contributed by atoms with Crippen LogP contribution in [0.25, 0.3) is 10.2 Å². The Morgan fingerprint density at radius 3 is 2.96 bits per heavy atom. The number of nitrogens with zero attached hydrogens (tertiary/aromatic N) is 2. The summed E-state index contributed by atoms with van der Waals surface area (Å²) in [7, 11) is -3.64. The van der Waals surface area contributed by atoms with Gasteiger partial charge in [0.2, 0.25) is 5.91 Å². The molecule has 0 spiro atoms. The molecule has 1 saturated heterocycles.